The molecule has 1 amide bonds. The lowest BCUT2D eigenvalue weighted by Gasteiger charge is -2.31. The third kappa shape index (κ3) is 4.65. The number of hydrogen-bond donors (Lipinski definition) is 0. The fourth-order valence-electron chi connectivity index (χ4n) is 4.35. The van der Waals surface area contributed by atoms with Gasteiger partial charge in [0.15, 0.2) is 15.9 Å². The van der Waals surface area contributed by atoms with Crippen molar-refractivity contribution in [2.45, 2.75) is 45.9 Å². The van der Waals surface area contributed by atoms with Crippen LogP contribution < -0.4 is 4.74 Å². The molecule has 2 unspecified atom stereocenters. The van der Waals surface area contributed by atoms with Gasteiger partial charge in [-0.2, -0.15) is 0 Å². The maximum Gasteiger partial charge on any atom is 0.263 e. The molecule has 168 valence electrons. The molecular formula is C26H29NO4S. The molecule has 0 saturated carbocycles. The lowest BCUT2D eigenvalue weighted by atomic mass is 10.0. The van der Waals surface area contributed by atoms with Crippen LogP contribution in [-0.2, 0) is 21.2 Å². The molecule has 5 nitrogen and oxygen atoms in total. The van der Waals surface area contributed by atoms with Gasteiger partial charge in [0.1, 0.15) is 5.75 Å². The van der Waals surface area contributed by atoms with E-state index in [2.05, 4.69) is 0 Å². The minimum atomic E-state index is -3.14. The van der Waals surface area contributed by atoms with E-state index in [1.54, 1.807) is 11.8 Å². The highest BCUT2D eigenvalue weighted by atomic mass is 32.2. The van der Waals surface area contributed by atoms with Crippen molar-refractivity contribution in [3.8, 4) is 5.75 Å². The number of rotatable bonds is 6. The van der Waals surface area contributed by atoms with Gasteiger partial charge in [0.2, 0.25) is 0 Å². The van der Waals surface area contributed by atoms with Gasteiger partial charge in [-0.05, 0) is 60.7 Å². The maximum absolute atomic E-state index is 13.6. The zero-order valence-corrected chi connectivity index (χ0v) is 19.6. The van der Waals surface area contributed by atoms with Crippen LogP contribution in [0, 0.1) is 13.8 Å². The molecule has 0 aromatic heterocycles. The summed E-state index contributed by atoms with van der Waals surface area (Å²) in [6, 6.07) is 19.5. The van der Waals surface area contributed by atoms with E-state index < -0.39 is 15.9 Å². The third-order valence-electron chi connectivity index (χ3n) is 6.36. The van der Waals surface area contributed by atoms with Crippen molar-refractivity contribution in [1.29, 1.82) is 0 Å². The summed E-state index contributed by atoms with van der Waals surface area (Å²) in [5.41, 5.74) is 3.09. The molecule has 2 atom stereocenters. The number of aryl methyl sites for hydroxylation is 1. The molecule has 0 aliphatic carbocycles. The number of amides is 1. The Hall–Kier alpha value is -2.86. The highest BCUT2D eigenvalue weighted by Gasteiger charge is 2.37. The zero-order valence-electron chi connectivity index (χ0n) is 18.7. The molecule has 3 aromatic carbocycles. The van der Waals surface area contributed by atoms with E-state index in [4.69, 9.17) is 4.74 Å². The molecule has 1 aliphatic rings. The number of fused-ring (bicyclic) bond motifs is 1. The van der Waals surface area contributed by atoms with Crippen LogP contribution in [0.4, 0.5) is 0 Å². The van der Waals surface area contributed by atoms with E-state index in [9.17, 15) is 13.2 Å². The first kappa shape index (κ1) is 22.3. The predicted octanol–water partition coefficient (Wildman–Crippen LogP) is 4.44. The van der Waals surface area contributed by atoms with E-state index >= 15 is 0 Å². The van der Waals surface area contributed by atoms with Crippen molar-refractivity contribution in [3.05, 3.63) is 77.4 Å². The van der Waals surface area contributed by atoms with E-state index in [0.29, 0.717) is 18.7 Å². The Morgan fingerprint density at radius 3 is 2.53 bits per heavy atom. The molecule has 1 fully saturated rings. The molecule has 0 radical (unpaired) electrons. The highest BCUT2D eigenvalue weighted by molar-refractivity contribution is 7.91. The van der Waals surface area contributed by atoms with Crippen LogP contribution in [-0.4, -0.2) is 42.9 Å². The molecule has 0 bridgehead atoms. The number of hydrogen-bond acceptors (Lipinski definition) is 4. The van der Waals surface area contributed by atoms with Crippen molar-refractivity contribution in [1.82, 2.24) is 4.90 Å². The molecule has 3 aromatic rings. The Bertz CT molecular complexity index is 1250. The fourth-order valence-corrected chi connectivity index (χ4v) is 6.08. The normalized spacial score (nSPS) is 18.4. The standard InChI is InChI=1S/C26H29NO4S/c1-18-8-6-13-25(19(18)2)31-20(3)26(28)27(23-14-15-32(29,30)17-23)16-22-11-7-10-21-9-4-5-12-24(21)22/h4-13,20,23H,14-17H2,1-3H3. The van der Waals surface area contributed by atoms with Crippen molar-refractivity contribution in [3.63, 3.8) is 0 Å². The van der Waals surface area contributed by atoms with Crippen LogP contribution in [0.25, 0.3) is 10.8 Å². The summed E-state index contributed by atoms with van der Waals surface area (Å²) in [4.78, 5) is 15.3. The Labute approximate surface area is 189 Å². The van der Waals surface area contributed by atoms with E-state index in [0.717, 1.165) is 27.5 Å². The van der Waals surface area contributed by atoms with Gasteiger partial charge in [0.05, 0.1) is 11.5 Å². The average Bonchev–Trinajstić information content (AvgIpc) is 3.14. The largest absolute Gasteiger partial charge is 0.481 e. The van der Waals surface area contributed by atoms with Gasteiger partial charge in [0, 0.05) is 12.6 Å². The number of ether oxygens (including phenoxy) is 1. The van der Waals surface area contributed by atoms with Gasteiger partial charge >= 0.3 is 0 Å². The van der Waals surface area contributed by atoms with Crippen molar-refractivity contribution in [2.75, 3.05) is 11.5 Å². The summed E-state index contributed by atoms with van der Waals surface area (Å²) in [6.07, 6.45) is -0.275. The Morgan fingerprint density at radius 2 is 1.78 bits per heavy atom. The first-order chi connectivity index (χ1) is 15.2. The van der Waals surface area contributed by atoms with Gasteiger partial charge in [-0.3, -0.25) is 4.79 Å². The minimum absolute atomic E-state index is 0.000299. The number of nitrogens with zero attached hydrogens (tertiary/aromatic N) is 1. The molecule has 1 aliphatic heterocycles. The second-order valence-electron chi connectivity index (χ2n) is 8.62. The van der Waals surface area contributed by atoms with E-state index in [1.807, 2.05) is 74.5 Å². The number of sulfone groups is 1. The highest BCUT2D eigenvalue weighted by Crippen LogP contribution is 2.27. The number of carbonyl (C=O) groups is 1. The number of benzene rings is 3. The Balaban J connectivity index is 1.64. The smallest absolute Gasteiger partial charge is 0.263 e. The first-order valence-electron chi connectivity index (χ1n) is 11.0. The van der Waals surface area contributed by atoms with Crippen LogP contribution in [0.3, 0.4) is 0 Å². The molecule has 32 heavy (non-hydrogen) atoms. The van der Waals surface area contributed by atoms with Crippen LogP contribution in [0.2, 0.25) is 0 Å². The summed E-state index contributed by atoms with van der Waals surface area (Å²) < 4.78 is 30.5. The molecule has 1 heterocycles. The molecule has 4 rings (SSSR count). The summed E-state index contributed by atoms with van der Waals surface area (Å²) >= 11 is 0. The van der Waals surface area contributed by atoms with Gasteiger partial charge in [-0.1, -0.05) is 54.6 Å². The van der Waals surface area contributed by atoms with Gasteiger partial charge < -0.3 is 9.64 Å². The Kier molecular flexibility index (Phi) is 6.24. The topological polar surface area (TPSA) is 63.7 Å². The maximum atomic E-state index is 13.6. The third-order valence-corrected chi connectivity index (χ3v) is 8.11. The van der Waals surface area contributed by atoms with Crippen LogP contribution in [0.15, 0.2) is 60.7 Å². The zero-order chi connectivity index (χ0) is 22.9. The van der Waals surface area contributed by atoms with Gasteiger partial charge in [0.25, 0.3) is 5.91 Å². The molecule has 0 N–H and O–H groups in total. The second kappa shape index (κ2) is 8.94. The lowest BCUT2D eigenvalue weighted by molar-refractivity contribution is -0.140. The SMILES string of the molecule is Cc1cccc(OC(C)C(=O)N(Cc2cccc3ccccc23)C2CCS(=O)(=O)C2)c1C. The monoisotopic (exact) mass is 451 g/mol. The average molecular weight is 452 g/mol. The lowest BCUT2D eigenvalue weighted by Crippen LogP contribution is -2.46. The number of carbonyl (C=O) groups excluding carboxylic acids is 1. The summed E-state index contributed by atoms with van der Waals surface area (Å²) in [6.45, 7) is 6.06. The Morgan fingerprint density at radius 1 is 1.06 bits per heavy atom. The van der Waals surface area contributed by atoms with Crippen molar-refractivity contribution >= 4 is 26.5 Å². The van der Waals surface area contributed by atoms with E-state index in [1.165, 1.54) is 0 Å². The van der Waals surface area contributed by atoms with Crippen molar-refractivity contribution in [2.24, 2.45) is 0 Å². The summed E-state index contributed by atoms with van der Waals surface area (Å²) in [5, 5.41) is 2.16. The molecule has 0 spiro atoms. The van der Waals surface area contributed by atoms with Gasteiger partial charge in [-0.25, -0.2) is 8.42 Å². The predicted molar refractivity (Wildman–Crippen MR) is 128 cm³/mol. The minimum Gasteiger partial charge on any atom is -0.481 e. The van der Waals surface area contributed by atoms with E-state index in [-0.39, 0.29) is 23.5 Å². The molecular weight excluding hydrogens is 422 g/mol. The van der Waals surface area contributed by atoms with Gasteiger partial charge in [-0.15, -0.1) is 0 Å². The quantitative estimate of drug-likeness (QED) is 0.556. The second-order valence-corrected chi connectivity index (χ2v) is 10.8. The first-order valence-corrected chi connectivity index (χ1v) is 12.8. The fraction of sp³-hybridized carbons (Fsp3) is 0.346. The van der Waals surface area contributed by atoms with Crippen LogP contribution in [0.1, 0.15) is 30.0 Å². The van der Waals surface area contributed by atoms with Crippen molar-refractivity contribution < 1.29 is 17.9 Å². The summed E-state index contributed by atoms with van der Waals surface area (Å²) in [7, 11) is -3.14. The molecule has 1 saturated heterocycles. The summed E-state index contributed by atoms with van der Waals surface area (Å²) in [5.74, 6) is 0.596. The van der Waals surface area contributed by atoms with Crippen LogP contribution in [0.5, 0.6) is 5.75 Å². The van der Waals surface area contributed by atoms with Crippen LogP contribution >= 0.6 is 0 Å². The molecule has 6 heteroatoms.